The Labute approximate surface area is 120 Å². The largest absolute Gasteiger partial charge is 0.369 e. The molecule has 2 heterocycles. The molecule has 0 saturated carbocycles. The van der Waals surface area contributed by atoms with Gasteiger partial charge in [-0.05, 0) is 43.8 Å². The van der Waals surface area contributed by atoms with Crippen LogP contribution in [0.3, 0.4) is 0 Å². The minimum atomic E-state index is 0.156. The maximum Gasteiger partial charge on any atom is 0.115 e. The Balaban J connectivity index is 1.69. The molecule has 0 aromatic heterocycles. The lowest BCUT2D eigenvalue weighted by Gasteiger charge is -2.35. The van der Waals surface area contributed by atoms with E-state index in [1.807, 2.05) is 6.20 Å². The normalized spacial score (nSPS) is 22.9. The Kier molecular flexibility index (Phi) is 3.80. The number of aryl methyl sites for hydroxylation is 1. The fourth-order valence-electron chi connectivity index (χ4n) is 2.74. The molecular formula is C15H23N5. The fraction of sp³-hybridized carbons (Fsp3) is 0.467. The van der Waals surface area contributed by atoms with E-state index >= 15 is 0 Å². The highest BCUT2D eigenvalue weighted by Gasteiger charge is 2.16. The first kappa shape index (κ1) is 13.3. The van der Waals surface area contributed by atoms with Gasteiger partial charge in [0.05, 0.1) is 0 Å². The summed E-state index contributed by atoms with van der Waals surface area (Å²) in [7, 11) is 2.19. The summed E-state index contributed by atoms with van der Waals surface area (Å²) in [4.78, 5) is 4.86. The van der Waals surface area contributed by atoms with E-state index in [0.717, 1.165) is 31.9 Å². The Morgan fingerprint density at radius 1 is 1.20 bits per heavy atom. The van der Waals surface area contributed by atoms with Gasteiger partial charge in [0.15, 0.2) is 0 Å². The third-order valence-corrected chi connectivity index (χ3v) is 3.97. The molecule has 108 valence electrons. The van der Waals surface area contributed by atoms with Gasteiger partial charge in [0, 0.05) is 43.8 Å². The lowest BCUT2D eigenvalue weighted by Crippen LogP contribution is -2.44. The van der Waals surface area contributed by atoms with Crippen molar-refractivity contribution in [2.24, 2.45) is 0 Å². The molecule has 0 bridgehead atoms. The third-order valence-electron chi connectivity index (χ3n) is 3.97. The number of hydrogen-bond acceptors (Lipinski definition) is 5. The van der Waals surface area contributed by atoms with Gasteiger partial charge in [-0.3, -0.25) is 0 Å². The summed E-state index contributed by atoms with van der Waals surface area (Å²) in [5, 5.41) is 3.43. The molecule has 0 spiro atoms. The van der Waals surface area contributed by atoms with Crippen LogP contribution in [0.5, 0.6) is 0 Å². The Morgan fingerprint density at radius 3 is 2.65 bits per heavy atom. The SMILES string of the molecule is Cc1cc(NC2C=CNN2)ccc1N1CCN(C)CC1. The van der Waals surface area contributed by atoms with Crippen molar-refractivity contribution in [1.82, 2.24) is 15.8 Å². The Hall–Kier alpha value is -1.72. The number of benzene rings is 1. The van der Waals surface area contributed by atoms with Crippen molar-refractivity contribution < 1.29 is 0 Å². The van der Waals surface area contributed by atoms with Crippen molar-refractivity contribution in [2.45, 2.75) is 13.1 Å². The molecule has 1 unspecified atom stereocenters. The number of hydrogen-bond donors (Lipinski definition) is 3. The zero-order valence-electron chi connectivity index (χ0n) is 12.2. The van der Waals surface area contributed by atoms with E-state index in [1.165, 1.54) is 11.3 Å². The highest BCUT2D eigenvalue weighted by molar-refractivity contribution is 5.61. The standard InChI is InChI=1S/C15H23N5/c1-12-11-13(17-15-5-6-16-18-15)3-4-14(12)20-9-7-19(2)8-10-20/h3-6,11,15-18H,7-10H2,1-2H3. The summed E-state index contributed by atoms with van der Waals surface area (Å²) in [6.07, 6.45) is 4.12. The summed E-state index contributed by atoms with van der Waals surface area (Å²) in [6, 6.07) is 6.62. The molecule has 2 aliphatic heterocycles. The lowest BCUT2D eigenvalue weighted by atomic mass is 10.1. The van der Waals surface area contributed by atoms with Gasteiger partial charge in [0.2, 0.25) is 0 Å². The molecular weight excluding hydrogens is 250 g/mol. The topological polar surface area (TPSA) is 42.6 Å². The molecule has 2 aliphatic rings. The van der Waals surface area contributed by atoms with Crippen molar-refractivity contribution in [2.75, 3.05) is 43.4 Å². The van der Waals surface area contributed by atoms with Crippen LogP contribution in [0.4, 0.5) is 11.4 Å². The van der Waals surface area contributed by atoms with Gasteiger partial charge in [-0.2, -0.15) is 0 Å². The zero-order valence-corrected chi connectivity index (χ0v) is 12.2. The van der Waals surface area contributed by atoms with E-state index in [2.05, 4.69) is 64.2 Å². The molecule has 0 aliphatic carbocycles. The number of anilines is 2. The molecule has 1 saturated heterocycles. The minimum absolute atomic E-state index is 0.156. The van der Waals surface area contributed by atoms with Gasteiger partial charge >= 0.3 is 0 Å². The molecule has 1 fully saturated rings. The number of nitrogens with one attached hydrogen (secondary N) is 3. The molecule has 3 N–H and O–H groups in total. The fourth-order valence-corrected chi connectivity index (χ4v) is 2.74. The van der Waals surface area contributed by atoms with Crippen LogP contribution < -0.4 is 21.1 Å². The molecule has 5 heteroatoms. The molecule has 1 aromatic rings. The van der Waals surface area contributed by atoms with Crippen LogP contribution in [0.2, 0.25) is 0 Å². The summed E-state index contributed by atoms with van der Waals surface area (Å²) >= 11 is 0. The molecule has 0 amide bonds. The van der Waals surface area contributed by atoms with E-state index in [9.17, 15) is 0 Å². The maximum absolute atomic E-state index is 3.43. The number of piperazine rings is 1. The average molecular weight is 273 g/mol. The monoisotopic (exact) mass is 273 g/mol. The molecule has 5 nitrogen and oxygen atoms in total. The van der Waals surface area contributed by atoms with E-state index < -0.39 is 0 Å². The predicted molar refractivity (Wildman–Crippen MR) is 83.7 cm³/mol. The van der Waals surface area contributed by atoms with E-state index in [4.69, 9.17) is 0 Å². The van der Waals surface area contributed by atoms with Gasteiger partial charge in [-0.25, -0.2) is 5.43 Å². The number of rotatable bonds is 3. The Bertz CT molecular complexity index is 491. The predicted octanol–water partition coefficient (Wildman–Crippen LogP) is 1.11. The van der Waals surface area contributed by atoms with Crippen LogP contribution >= 0.6 is 0 Å². The summed E-state index contributed by atoms with van der Waals surface area (Å²) in [6.45, 7) is 6.70. The second kappa shape index (κ2) is 5.73. The van der Waals surface area contributed by atoms with Crippen molar-refractivity contribution >= 4 is 11.4 Å². The van der Waals surface area contributed by atoms with Gasteiger partial charge in [0.25, 0.3) is 0 Å². The molecule has 20 heavy (non-hydrogen) atoms. The first-order chi connectivity index (χ1) is 9.72. The van der Waals surface area contributed by atoms with Gasteiger partial charge < -0.3 is 20.5 Å². The first-order valence-electron chi connectivity index (χ1n) is 7.21. The first-order valence-corrected chi connectivity index (χ1v) is 7.21. The molecule has 1 aromatic carbocycles. The van der Waals surface area contributed by atoms with E-state index in [-0.39, 0.29) is 6.17 Å². The van der Waals surface area contributed by atoms with Gasteiger partial charge in [0.1, 0.15) is 6.17 Å². The van der Waals surface area contributed by atoms with Gasteiger partial charge in [-0.1, -0.05) is 0 Å². The zero-order chi connectivity index (χ0) is 13.9. The van der Waals surface area contributed by atoms with E-state index in [0.29, 0.717) is 0 Å². The van der Waals surface area contributed by atoms with Crippen molar-refractivity contribution in [1.29, 1.82) is 0 Å². The minimum Gasteiger partial charge on any atom is -0.369 e. The van der Waals surface area contributed by atoms with Crippen molar-refractivity contribution in [3.8, 4) is 0 Å². The summed E-state index contributed by atoms with van der Waals surface area (Å²) in [5.41, 5.74) is 9.92. The van der Waals surface area contributed by atoms with Crippen LogP contribution in [-0.4, -0.2) is 44.3 Å². The number of hydrazine groups is 1. The smallest absolute Gasteiger partial charge is 0.115 e. The summed E-state index contributed by atoms with van der Waals surface area (Å²) in [5.74, 6) is 0. The van der Waals surface area contributed by atoms with Crippen LogP contribution in [0.15, 0.2) is 30.5 Å². The highest BCUT2D eigenvalue weighted by Crippen LogP contribution is 2.25. The van der Waals surface area contributed by atoms with E-state index in [1.54, 1.807) is 0 Å². The average Bonchev–Trinajstić information content (AvgIpc) is 2.93. The number of likely N-dealkylation sites (N-methyl/N-ethyl adjacent to an activating group) is 1. The summed E-state index contributed by atoms with van der Waals surface area (Å²) < 4.78 is 0. The Morgan fingerprint density at radius 2 is 2.00 bits per heavy atom. The quantitative estimate of drug-likeness (QED) is 0.770. The molecule has 1 atom stereocenters. The number of nitrogens with zero attached hydrogens (tertiary/aromatic N) is 2. The second-order valence-electron chi connectivity index (χ2n) is 5.56. The maximum atomic E-state index is 3.43. The highest BCUT2D eigenvalue weighted by atomic mass is 15.4. The second-order valence-corrected chi connectivity index (χ2v) is 5.56. The van der Waals surface area contributed by atoms with Crippen LogP contribution in [0, 0.1) is 6.92 Å². The van der Waals surface area contributed by atoms with Crippen molar-refractivity contribution in [3.05, 3.63) is 36.0 Å². The van der Waals surface area contributed by atoms with Crippen LogP contribution in [0.1, 0.15) is 5.56 Å². The van der Waals surface area contributed by atoms with Gasteiger partial charge in [-0.15, -0.1) is 0 Å². The lowest BCUT2D eigenvalue weighted by molar-refractivity contribution is 0.312. The van der Waals surface area contributed by atoms with Crippen LogP contribution in [-0.2, 0) is 0 Å². The molecule has 3 rings (SSSR count). The van der Waals surface area contributed by atoms with Crippen LogP contribution in [0.25, 0.3) is 0 Å². The molecule has 0 radical (unpaired) electrons. The third kappa shape index (κ3) is 2.89. The van der Waals surface area contributed by atoms with Crippen molar-refractivity contribution in [3.63, 3.8) is 0 Å².